The van der Waals surface area contributed by atoms with E-state index in [4.69, 9.17) is 37.9 Å². The molecule has 0 aliphatic carbocycles. The molecule has 0 radical (unpaired) electrons. The maximum absolute atomic E-state index is 11.2. The molecule has 4 aliphatic rings. The highest BCUT2D eigenvalue weighted by molar-refractivity contribution is 4.98. The zero-order valence-electron chi connectivity index (χ0n) is 28.9. The van der Waals surface area contributed by atoms with E-state index in [2.05, 4.69) is 0 Å². The lowest BCUT2D eigenvalue weighted by Crippen LogP contribution is -2.68. The van der Waals surface area contributed by atoms with Gasteiger partial charge in [-0.3, -0.25) is 0 Å². The summed E-state index contributed by atoms with van der Waals surface area (Å²) < 4.78 is 45.3. The molecule has 16 N–H and O–H groups in total. The van der Waals surface area contributed by atoms with Gasteiger partial charge in [0, 0.05) is 0 Å². The van der Waals surface area contributed by atoms with E-state index in [1.165, 1.54) is 6.92 Å². The SMILES string of the molecule is CC[C@H](O)[C@@H](O)[C@@H](O)CO[C@@H]1[C@H](O[C@H]2O[C@H](CO)[C@@H](O)[C@H](O)[C@@H]2O[C@H]2O[C@H](CO)[C@@H](O)[C@H](O)[C@@H]2O)[C@@H](O[C@H]2O[C@H](CO)[C@@H](O)[C@H](O)[C@H]2O)[C@H](O)O[C@@H]1CO. The van der Waals surface area contributed by atoms with E-state index in [0.717, 1.165) is 0 Å². The van der Waals surface area contributed by atoms with Gasteiger partial charge in [0.05, 0.1) is 39.1 Å². The zero-order valence-corrected chi connectivity index (χ0v) is 28.9. The second-order valence-electron chi connectivity index (χ2n) is 13.5. The van der Waals surface area contributed by atoms with E-state index in [0.29, 0.717) is 0 Å². The first-order chi connectivity index (χ1) is 25.5. The van der Waals surface area contributed by atoms with E-state index in [9.17, 15) is 81.7 Å². The molecule has 4 rings (SSSR count). The van der Waals surface area contributed by atoms with E-state index in [-0.39, 0.29) is 6.42 Å². The van der Waals surface area contributed by atoms with Crippen molar-refractivity contribution in [2.45, 2.75) is 154 Å². The second-order valence-corrected chi connectivity index (χ2v) is 13.5. The van der Waals surface area contributed by atoms with Gasteiger partial charge in [0.2, 0.25) is 0 Å². The Kier molecular flexibility index (Phi) is 17.1. The molecular weight excluding hydrogens is 744 g/mol. The van der Waals surface area contributed by atoms with Gasteiger partial charge in [-0.1, -0.05) is 6.92 Å². The van der Waals surface area contributed by atoms with Gasteiger partial charge in [-0.15, -0.1) is 0 Å². The van der Waals surface area contributed by atoms with Gasteiger partial charge in [0.1, 0.15) is 110 Å². The lowest BCUT2D eigenvalue weighted by atomic mass is 9.95. The van der Waals surface area contributed by atoms with Crippen molar-refractivity contribution in [1.29, 1.82) is 0 Å². The van der Waals surface area contributed by atoms with Gasteiger partial charge < -0.3 is 120 Å². The molecule has 0 spiro atoms. The summed E-state index contributed by atoms with van der Waals surface area (Å²) >= 11 is 0. The van der Waals surface area contributed by atoms with Crippen LogP contribution in [-0.2, 0) is 37.9 Å². The highest BCUT2D eigenvalue weighted by Crippen LogP contribution is 2.36. The van der Waals surface area contributed by atoms with Crippen molar-refractivity contribution in [2.75, 3.05) is 33.0 Å². The number of aliphatic hydroxyl groups excluding tert-OH is 16. The number of hydrogen-bond donors (Lipinski definition) is 16. The highest BCUT2D eigenvalue weighted by atomic mass is 16.8. The van der Waals surface area contributed by atoms with Gasteiger partial charge >= 0.3 is 0 Å². The minimum Gasteiger partial charge on any atom is -0.394 e. The maximum atomic E-state index is 11.2. The molecule has 0 aromatic rings. The Labute approximate surface area is 307 Å². The van der Waals surface area contributed by atoms with Crippen molar-refractivity contribution in [3.8, 4) is 0 Å². The molecule has 0 aromatic carbocycles. The molecule has 4 fully saturated rings. The summed E-state index contributed by atoms with van der Waals surface area (Å²) in [6.45, 7) is -2.95. The van der Waals surface area contributed by atoms with E-state index in [1.54, 1.807) is 0 Å². The standard InChI is InChI=1S/C30H54O24/c1-2-8(35)14(37)9(36)7-47-23-13(6-34)48-27(46)26(54-29-22(45)19(42)16(39)11(4-32)50-29)25(23)53-30-24(20(43)17(40)12(5-33)51-30)52-28-21(44)18(41)15(38)10(3-31)49-28/h8-46H,2-7H2,1H3/t8-,9-,10+,11+,12+,13+,14+,15+,16+,17+,18-,19-,20-,21-,22+,23-,24-,25-,26+,27+,28+,29+,30+/m0/s1. The molecule has 0 bridgehead atoms. The van der Waals surface area contributed by atoms with Crippen LogP contribution in [0.5, 0.6) is 0 Å². The van der Waals surface area contributed by atoms with Crippen LogP contribution in [0.1, 0.15) is 13.3 Å². The largest absolute Gasteiger partial charge is 0.394 e. The minimum absolute atomic E-state index is 0.0199. The fourth-order valence-electron chi connectivity index (χ4n) is 6.48. The van der Waals surface area contributed by atoms with Crippen LogP contribution in [0.3, 0.4) is 0 Å². The van der Waals surface area contributed by atoms with Crippen LogP contribution in [0.15, 0.2) is 0 Å². The minimum atomic E-state index is -2.16. The summed E-state index contributed by atoms with van der Waals surface area (Å²) in [6.07, 6.45) is -42.6. The van der Waals surface area contributed by atoms with Crippen LogP contribution in [-0.4, -0.2) is 256 Å². The van der Waals surface area contributed by atoms with Crippen molar-refractivity contribution in [3.05, 3.63) is 0 Å². The van der Waals surface area contributed by atoms with Gasteiger partial charge in [-0.05, 0) is 6.42 Å². The van der Waals surface area contributed by atoms with Crippen molar-refractivity contribution in [2.24, 2.45) is 0 Å². The van der Waals surface area contributed by atoms with Crippen molar-refractivity contribution >= 4 is 0 Å². The molecular formula is C30H54O24. The molecule has 54 heavy (non-hydrogen) atoms. The highest BCUT2D eigenvalue weighted by Gasteiger charge is 2.56. The molecule has 23 atom stereocenters. The monoisotopic (exact) mass is 798 g/mol. The Hall–Kier alpha value is -0.960. The smallest absolute Gasteiger partial charge is 0.187 e. The van der Waals surface area contributed by atoms with E-state index >= 15 is 0 Å². The molecule has 0 saturated carbocycles. The van der Waals surface area contributed by atoms with Crippen LogP contribution in [0.2, 0.25) is 0 Å². The molecule has 0 amide bonds. The average molecular weight is 799 g/mol. The summed E-state index contributed by atoms with van der Waals surface area (Å²) in [6, 6.07) is 0. The Balaban J connectivity index is 1.72. The van der Waals surface area contributed by atoms with E-state index in [1.807, 2.05) is 0 Å². The molecule has 4 saturated heterocycles. The Morgan fingerprint density at radius 3 is 1.33 bits per heavy atom. The summed E-state index contributed by atoms with van der Waals surface area (Å²) in [4.78, 5) is 0. The predicted molar refractivity (Wildman–Crippen MR) is 166 cm³/mol. The van der Waals surface area contributed by atoms with Crippen LogP contribution >= 0.6 is 0 Å². The molecule has 4 aliphatic heterocycles. The molecule has 4 heterocycles. The van der Waals surface area contributed by atoms with Gasteiger partial charge in [-0.25, -0.2) is 0 Å². The van der Waals surface area contributed by atoms with Crippen LogP contribution in [0, 0.1) is 0 Å². The van der Waals surface area contributed by atoms with E-state index < -0.39 is 174 Å². The third-order valence-electron chi connectivity index (χ3n) is 9.85. The number of ether oxygens (including phenoxy) is 8. The predicted octanol–water partition coefficient (Wildman–Crippen LogP) is -10.2. The maximum Gasteiger partial charge on any atom is 0.187 e. The zero-order chi connectivity index (χ0) is 40.2. The number of rotatable bonds is 16. The number of aliphatic hydroxyl groups is 16. The first-order valence-electron chi connectivity index (χ1n) is 17.3. The van der Waals surface area contributed by atoms with Crippen LogP contribution in [0.4, 0.5) is 0 Å². The molecule has 24 nitrogen and oxygen atoms in total. The van der Waals surface area contributed by atoms with Crippen molar-refractivity contribution in [1.82, 2.24) is 0 Å². The third-order valence-corrected chi connectivity index (χ3v) is 9.85. The Morgan fingerprint density at radius 1 is 0.444 bits per heavy atom. The summed E-state index contributed by atoms with van der Waals surface area (Å²) in [5, 5.41) is 166. The number of hydrogen-bond acceptors (Lipinski definition) is 24. The average Bonchev–Trinajstić information content (AvgIpc) is 3.17. The third kappa shape index (κ3) is 9.83. The molecule has 24 heteroatoms. The Morgan fingerprint density at radius 2 is 0.870 bits per heavy atom. The van der Waals surface area contributed by atoms with Crippen LogP contribution < -0.4 is 0 Å². The molecule has 0 aromatic heterocycles. The lowest BCUT2D eigenvalue weighted by molar-refractivity contribution is -0.404. The van der Waals surface area contributed by atoms with Crippen molar-refractivity contribution < 1.29 is 120 Å². The Bertz CT molecular complexity index is 1110. The first kappa shape index (κ1) is 45.7. The summed E-state index contributed by atoms with van der Waals surface area (Å²) in [5.74, 6) is 0. The second kappa shape index (κ2) is 20.1. The molecule has 0 unspecified atom stereocenters. The normalized spacial score (nSPS) is 47.9. The van der Waals surface area contributed by atoms with Crippen molar-refractivity contribution in [3.63, 3.8) is 0 Å². The van der Waals surface area contributed by atoms with Gasteiger partial charge in [0.15, 0.2) is 25.2 Å². The lowest BCUT2D eigenvalue weighted by Gasteiger charge is -2.50. The molecule has 318 valence electrons. The fraction of sp³-hybridized carbons (Fsp3) is 1.00. The quantitative estimate of drug-likeness (QED) is 0.0689. The topological polar surface area (TPSA) is 398 Å². The van der Waals surface area contributed by atoms with Crippen LogP contribution in [0.25, 0.3) is 0 Å². The van der Waals surface area contributed by atoms with Gasteiger partial charge in [0.25, 0.3) is 0 Å². The fourth-order valence-corrected chi connectivity index (χ4v) is 6.48. The first-order valence-corrected chi connectivity index (χ1v) is 17.3. The summed E-state index contributed by atoms with van der Waals surface area (Å²) in [5.41, 5.74) is 0. The summed E-state index contributed by atoms with van der Waals surface area (Å²) in [7, 11) is 0. The van der Waals surface area contributed by atoms with Gasteiger partial charge in [-0.2, -0.15) is 0 Å².